The number of hydrogen-bond donors (Lipinski definition) is 1. The molecule has 5 heteroatoms. The van der Waals surface area contributed by atoms with Crippen LogP contribution in [0.1, 0.15) is 44.6 Å². The highest BCUT2D eigenvalue weighted by molar-refractivity contribution is 5.70. The summed E-state index contributed by atoms with van der Waals surface area (Å²) in [6, 6.07) is 0.205. The van der Waals surface area contributed by atoms with E-state index in [9.17, 15) is 4.79 Å². The zero-order valence-corrected chi connectivity index (χ0v) is 12.5. The van der Waals surface area contributed by atoms with Crippen molar-refractivity contribution < 1.29 is 9.90 Å². The van der Waals surface area contributed by atoms with Gasteiger partial charge in [-0.25, -0.2) is 9.97 Å². The number of hydrogen-bond acceptors (Lipinski definition) is 4. The fourth-order valence-electron chi connectivity index (χ4n) is 2.93. The van der Waals surface area contributed by atoms with Crippen LogP contribution >= 0.6 is 0 Å². The average molecular weight is 287 g/mol. The van der Waals surface area contributed by atoms with Gasteiger partial charge in [-0.3, -0.25) is 4.79 Å². The smallest absolute Gasteiger partial charge is 0.307 e. The van der Waals surface area contributed by atoms with Crippen LogP contribution in [0.4, 0.5) is 5.95 Å². The van der Waals surface area contributed by atoms with Gasteiger partial charge < -0.3 is 10.0 Å². The van der Waals surface area contributed by atoms with Crippen molar-refractivity contribution in [3.63, 3.8) is 0 Å². The summed E-state index contributed by atoms with van der Waals surface area (Å²) in [5, 5.41) is 8.96. The molecular formula is C16H21N3O2. The largest absolute Gasteiger partial charge is 0.481 e. The lowest BCUT2D eigenvalue weighted by molar-refractivity contribution is -0.136. The molecule has 5 nitrogen and oxygen atoms in total. The molecule has 1 fully saturated rings. The lowest BCUT2D eigenvalue weighted by atomic mass is 9.87. The Morgan fingerprint density at radius 1 is 1.33 bits per heavy atom. The normalized spacial score (nSPS) is 25.6. The van der Waals surface area contributed by atoms with E-state index in [-0.39, 0.29) is 18.4 Å². The highest BCUT2D eigenvalue weighted by atomic mass is 16.4. The maximum absolute atomic E-state index is 10.9. The number of rotatable bonds is 4. The minimum absolute atomic E-state index is 0.126. The van der Waals surface area contributed by atoms with E-state index < -0.39 is 5.97 Å². The van der Waals surface area contributed by atoms with Gasteiger partial charge in [-0.05, 0) is 37.2 Å². The molecule has 0 saturated heterocycles. The van der Waals surface area contributed by atoms with Crippen molar-refractivity contribution >= 4 is 11.9 Å². The van der Waals surface area contributed by atoms with Gasteiger partial charge in [0.05, 0.1) is 6.42 Å². The van der Waals surface area contributed by atoms with Crippen LogP contribution in [-0.2, 0) is 4.79 Å². The minimum Gasteiger partial charge on any atom is -0.481 e. The van der Waals surface area contributed by atoms with Gasteiger partial charge in [0.15, 0.2) is 0 Å². The number of carboxylic acids is 1. The van der Waals surface area contributed by atoms with E-state index >= 15 is 0 Å². The molecule has 2 aliphatic rings. The molecule has 0 bridgehead atoms. The van der Waals surface area contributed by atoms with Crippen LogP contribution in [-0.4, -0.2) is 33.6 Å². The topological polar surface area (TPSA) is 66.3 Å². The molecule has 0 aromatic carbocycles. The third kappa shape index (κ3) is 2.91. The Morgan fingerprint density at radius 2 is 2.00 bits per heavy atom. The first-order valence-corrected chi connectivity index (χ1v) is 7.55. The van der Waals surface area contributed by atoms with Gasteiger partial charge in [0, 0.05) is 25.0 Å². The van der Waals surface area contributed by atoms with Crippen LogP contribution in [0.2, 0.25) is 0 Å². The lowest BCUT2D eigenvalue weighted by Gasteiger charge is -2.37. The summed E-state index contributed by atoms with van der Waals surface area (Å²) in [4.78, 5) is 22.1. The summed E-state index contributed by atoms with van der Waals surface area (Å²) < 4.78 is 0. The quantitative estimate of drug-likeness (QED) is 0.862. The first kappa shape index (κ1) is 14.0. The summed E-state index contributed by atoms with van der Waals surface area (Å²) in [6.45, 7) is 4.86. The van der Waals surface area contributed by atoms with Crippen LogP contribution in [0.15, 0.2) is 24.0 Å². The third-order valence-electron chi connectivity index (χ3n) is 4.67. The van der Waals surface area contributed by atoms with Crippen LogP contribution < -0.4 is 4.90 Å². The molecule has 1 aromatic rings. The number of nitrogens with zero attached hydrogens (tertiary/aromatic N) is 3. The second-order valence-electron chi connectivity index (χ2n) is 6.12. The van der Waals surface area contributed by atoms with E-state index in [1.807, 2.05) is 18.5 Å². The Labute approximate surface area is 124 Å². The van der Waals surface area contributed by atoms with E-state index in [1.165, 1.54) is 18.4 Å². The Kier molecular flexibility index (Phi) is 3.66. The zero-order chi connectivity index (χ0) is 15.0. The monoisotopic (exact) mass is 287 g/mol. The summed E-state index contributed by atoms with van der Waals surface area (Å²) in [6.07, 6.45) is 8.52. The Morgan fingerprint density at radius 3 is 2.57 bits per heavy atom. The second-order valence-corrected chi connectivity index (χ2v) is 6.12. The van der Waals surface area contributed by atoms with E-state index in [1.54, 1.807) is 0 Å². The molecule has 1 saturated carbocycles. The van der Waals surface area contributed by atoms with Gasteiger partial charge in [-0.15, -0.1) is 0 Å². The molecule has 2 unspecified atom stereocenters. The van der Waals surface area contributed by atoms with Crippen LogP contribution in [0.3, 0.4) is 0 Å². The molecule has 1 aromatic heterocycles. The molecular weight excluding hydrogens is 266 g/mol. The molecule has 2 heterocycles. The SMILES string of the molecule is CC1C(CC(=O)O)=CCN(c2ncc(C3CC3)cn2)C1C. The van der Waals surface area contributed by atoms with Gasteiger partial charge in [0.25, 0.3) is 0 Å². The molecule has 1 aliphatic heterocycles. The van der Waals surface area contributed by atoms with Crippen molar-refractivity contribution in [3.8, 4) is 0 Å². The summed E-state index contributed by atoms with van der Waals surface area (Å²) in [7, 11) is 0. The maximum atomic E-state index is 10.9. The van der Waals surface area contributed by atoms with Crippen molar-refractivity contribution in [1.82, 2.24) is 9.97 Å². The van der Waals surface area contributed by atoms with E-state index in [4.69, 9.17) is 5.11 Å². The van der Waals surface area contributed by atoms with Crippen molar-refractivity contribution in [2.75, 3.05) is 11.4 Å². The first-order valence-electron chi connectivity index (χ1n) is 7.55. The molecule has 21 heavy (non-hydrogen) atoms. The van der Waals surface area contributed by atoms with Gasteiger partial charge >= 0.3 is 5.97 Å². The average Bonchev–Trinajstić information content (AvgIpc) is 3.29. The van der Waals surface area contributed by atoms with Gasteiger partial charge in [-0.2, -0.15) is 0 Å². The molecule has 1 aliphatic carbocycles. The first-order chi connectivity index (χ1) is 10.1. The summed E-state index contributed by atoms with van der Waals surface area (Å²) in [5.74, 6) is 0.837. The lowest BCUT2D eigenvalue weighted by Crippen LogP contribution is -2.43. The van der Waals surface area contributed by atoms with E-state index in [0.717, 1.165) is 11.5 Å². The highest BCUT2D eigenvalue weighted by Gasteiger charge is 2.30. The van der Waals surface area contributed by atoms with E-state index in [2.05, 4.69) is 28.7 Å². The molecule has 1 N–H and O–H groups in total. The predicted molar refractivity (Wildman–Crippen MR) is 80.3 cm³/mol. The highest BCUT2D eigenvalue weighted by Crippen LogP contribution is 2.39. The maximum Gasteiger partial charge on any atom is 0.307 e. The van der Waals surface area contributed by atoms with Crippen molar-refractivity contribution in [1.29, 1.82) is 0 Å². The molecule has 112 valence electrons. The third-order valence-corrected chi connectivity index (χ3v) is 4.67. The number of carboxylic acid groups (broad SMARTS) is 1. The molecule has 0 spiro atoms. The number of aromatic nitrogens is 2. The van der Waals surface area contributed by atoms with Crippen LogP contribution in [0.5, 0.6) is 0 Å². The molecule has 0 amide bonds. The van der Waals surface area contributed by atoms with Crippen molar-refractivity contribution in [2.45, 2.75) is 45.1 Å². The summed E-state index contributed by atoms with van der Waals surface area (Å²) in [5.41, 5.74) is 2.24. The number of anilines is 1. The fraction of sp³-hybridized carbons (Fsp3) is 0.562. The summed E-state index contributed by atoms with van der Waals surface area (Å²) >= 11 is 0. The molecule has 3 rings (SSSR count). The van der Waals surface area contributed by atoms with Crippen molar-refractivity contribution in [3.05, 3.63) is 29.6 Å². The molecule has 2 atom stereocenters. The second kappa shape index (κ2) is 5.47. The zero-order valence-electron chi connectivity index (χ0n) is 12.5. The number of aliphatic carboxylic acids is 1. The predicted octanol–water partition coefficient (Wildman–Crippen LogP) is 2.60. The van der Waals surface area contributed by atoms with Crippen LogP contribution in [0, 0.1) is 5.92 Å². The standard InChI is InChI=1S/C16H21N3O2/c1-10-11(2)19(6-5-13(10)7-15(20)21)16-17-8-14(9-18-16)12-3-4-12/h5,8-12H,3-4,6-7H2,1-2H3,(H,20,21). The van der Waals surface area contributed by atoms with Crippen molar-refractivity contribution in [2.24, 2.45) is 5.92 Å². The molecule has 0 radical (unpaired) electrons. The Bertz CT molecular complexity index is 563. The van der Waals surface area contributed by atoms with Gasteiger partial charge in [0.2, 0.25) is 5.95 Å². The van der Waals surface area contributed by atoms with Crippen LogP contribution in [0.25, 0.3) is 0 Å². The van der Waals surface area contributed by atoms with E-state index in [0.29, 0.717) is 12.5 Å². The Balaban J connectivity index is 1.76. The fourth-order valence-corrected chi connectivity index (χ4v) is 2.93. The minimum atomic E-state index is -0.765. The number of carbonyl (C=O) groups is 1. The Hall–Kier alpha value is -1.91. The van der Waals surface area contributed by atoms with Gasteiger partial charge in [0.1, 0.15) is 0 Å². The van der Waals surface area contributed by atoms with Gasteiger partial charge in [-0.1, -0.05) is 18.6 Å².